The fourth-order valence-electron chi connectivity index (χ4n) is 2.07. The van der Waals surface area contributed by atoms with Gasteiger partial charge in [-0.05, 0) is 18.8 Å². The minimum absolute atomic E-state index is 0.0531. The summed E-state index contributed by atoms with van der Waals surface area (Å²) in [5.74, 6) is 0.760. The zero-order valence-corrected chi connectivity index (χ0v) is 12.0. The Bertz CT molecular complexity index is 296. The van der Waals surface area contributed by atoms with E-state index < -0.39 is 0 Å². The molecule has 1 aliphatic heterocycles. The summed E-state index contributed by atoms with van der Waals surface area (Å²) < 4.78 is 0. The van der Waals surface area contributed by atoms with E-state index in [1.54, 1.807) is 0 Å². The molecule has 0 radical (unpaired) electrons. The van der Waals surface area contributed by atoms with Crippen LogP contribution in [0, 0.1) is 11.3 Å². The van der Waals surface area contributed by atoms with Gasteiger partial charge in [-0.25, -0.2) is 0 Å². The predicted molar refractivity (Wildman–Crippen MR) is 74.8 cm³/mol. The van der Waals surface area contributed by atoms with Crippen LogP contribution in [-0.4, -0.2) is 28.9 Å². The lowest BCUT2D eigenvalue weighted by atomic mass is 9.80. The van der Waals surface area contributed by atoms with Crippen LogP contribution in [0.3, 0.4) is 0 Å². The van der Waals surface area contributed by atoms with E-state index in [0.29, 0.717) is 17.3 Å². The van der Waals surface area contributed by atoms with Gasteiger partial charge in [-0.2, -0.15) is 0 Å². The third-order valence-corrected chi connectivity index (χ3v) is 4.53. The van der Waals surface area contributed by atoms with Crippen LogP contribution in [0.15, 0.2) is 0 Å². The topological polar surface area (TPSA) is 46.3 Å². The Kier molecular flexibility index (Phi) is 4.92. The first-order valence-electron chi connectivity index (χ1n) is 6.46. The number of rotatable bonds is 4. The summed E-state index contributed by atoms with van der Waals surface area (Å²) in [7, 11) is 0. The predicted octanol–water partition coefficient (Wildman–Crippen LogP) is 2.34. The lowest BCUT2D eigenvalue weighted by molar-refractivity contribution is -0.133. The van der Waals surface area contributed by atoms with Gasteiger partial charge < -0.3 is 10.6 Å². The Morgan fingerprint density at radius 1 is 1.47 bits per heavy atom. The molecule has 1 amide bonds. The number of nitrogens with zero attached hydrogens (tertiary/aromatic N) is 1. The van der Waals surface area contributed by atoms with Crippen LogP contribution in [0.4, 0.5) is 0 Å². The molecule has 0 aromatic rings. The standard InChI is InChI=1S/C13H24N2OS/c1-4-10(2)9-11(16)15-7-5-13(3,6-8-15)12(14)17/h10H,4-9H2,1-3H3,(H2,14,17). The molecule has 1 fully saturated rings. The van der Waals surface area contributed by atoms with Gasteiger partial charge in [-0.1, -0.05) is 39.4 Å². The molecular formula is C13H24N2OS. The van der Waals surface area contributed by atoms with Crippen molar-refractivity contribution in [1.82, 2.24) is 4.90 Å². The summed E-state index contributed by atoms with van der Waals surface area (Å²) >= 11 is 5.10. The number of amides is 1. The molecular weight excluding hydrogens is 232 g/mol. The van der Waals surface area contributed by atoms with Crippen molar-refractivity contribution >= 4 is 23.1 Å². The van der Waals surface area contributed by atoms with Crippen LogP contribution in [0.25, 0.3) is 0 Å². The molecule has 1 aliphatic rings. The van der Waals surface area contributed by atoms with Crippen molar-refractivity contribution in [2.45, 2.75) is 46.5 Å². The molecule has 17 heavy (non-hydrogen) atoms. The van der Waals surface area contributed by atoms with E-state index >= 15 is 0 Å². The molecule has 4 heteroatoms. The van der Waals surface area contributed by atoms with Crippen molar-refractivity contribution in [3.63, 3.8) is 0 Å². The van der Waals surface area contributed by atoms with Gasteiger partial charge in [-0.3, -0.25) is 4.79 Å². The largest absolute Gasteiger partial charge is 0.393 e. The van der Waals surface area contributed by atoms with Gasteiger partial charge in [0.25, 0.3) is 0 Å². The van der Waals surface area contributed by atoms with Crippen LogP contribution in [0.1, 0.15) is 46.5 Å². The maximum Gasteiger partial charge on any atom is 0.222 e. The third-order valence-electron chi connectivity index (χ3n) is 4.03. The monoisotopic (exact) mass is 256 g/mol. The summed E-state index contributed by atoms with van der Waals surface area (Å²) in [4.78, 5) is 14.6. The van der Waals surface area contributed by atoms with Gasteiger partial charge in [0, 0.05) is 24.9 Å². The second-order valence-electron chi connectivity index (χ2n) is 5.52. The van der Waals surface area contributed by atoms with Gasteiger partial charge in [-0.15, -0.1) is 0 Å². The number of carbonyl (C=O) groups excluding carboxylic acids is 1. The smallest absolute Gasteiger partial charge is 0.222 e. The lowest BCUT2D eigenvalue weighted by Gasteiger charge is -2.39. The van der Waals surface area contributed by atoms with E-state index in [-0.39, 0.29) is 11.3 Å². The van der Waals surface area contributed by atoms with Crippen LogP contribution in [0.5, 0.6) is 0 Å². The van der Waals surface area contributed by atoms with Crippen LogP contribution in [-0.2, 0) is 4.79 Å². The molecule has 0 aliphatic carbocycles. The Morgan fingerprint density at radius 2 is 2.00 bits per heavy atom. The van der Waals surface area contributed by atoms with Crippen LogP contribution < -0.4 is 5.73 Å². The molecule has 1 atom stereocenters. The summed E-state index contributed by atoms with van der Waals surface area (Å²) in [6, 6.07) is 0. The molecule has 0 bridgehead atoms. The SMILES string of the molecule is CCC(C)CC(=O)N1CCC(C)(C(N)=S)CC1. The van der Waals surface area contributed by atoms with Gasteiger partial charge in [0.05, 0.1) is 4.99 Å². The lowest BCUT2D eigenvalue weighted by Crippen LogP contribution is -2.46. The molecule has 0 saturated carbocycles. The normalized spacial score (nSPS) is 21.0. The highest BCUT2D eigenvalue weighted by Crippen LogP contribution is 2.31. The fourth-order valence-corrected chi connectivity index (χ4v) is 2.27. The Labute approximate surface area is 110 Å². The number of thiocarbonyl (C=S) groups is 1. The van der Waals surface area contributed by atoms with Gasteiger partial charge in [0.2, 0.25) is 5.91 Å². The minimum atomic E-state index is -0.0531. The van der Waals surface area contributed by atoms with E-state index in [1.165, 1.54) is 0 Å². The highest BCUT2D eigenvalue weighted by Gasteiger charge is 2.34. The second-order valence-corrected chi connectivity index (χ2v) is 5.96. The van der Waals surface area contributed by atoms with E-state index in [4.69, 9.17) is 18.0 Å². The molecule has 2 N–H and O–H groups in total. The first-order chi connectivity index (χ1) is 7.89. The van der Waals surface area contributed by atoms with E-state index in [2.05, 4.69) is 20.8 Å². The van der Waals surface area contributed by atoms with Crippen molar-refractivity contribution < 1.29 is 4.79 Å². The first-order valence-corrected chi connectivity index (χ1v) is 6.87. The molecule has 1 saturated heterocycles. The number of hydrogen-bond donors (Lipinski definition) is 1. The van der Waals surface area contributed by atoms with Crippen molar-refractivity contribution in [3.8, 4) is 0 Å². The summed E-state index contributed by atoms with van der Waals surface area (Å²) in [5.41, 5.74) is 5.70. The average Bonchev–Trinajstić information content (AvgIpc) is 2.29. The molecule has 1 heterocycles. The molecule has 98 valence electrons. The zero-order chi connectivity index (χ0) is 13.1. The number of likely N-dealkylation sites (tertiary alicyclic amines) is 1. The fraction of sp³-hybridized carbons (Fsp3) is 0.846. The quantitative estimate of drug-likeness (QED) is 0.785. The Morgan fingerprint density at radius 3 is 2.41 bits per heavy atom. The van der Waals surface area contributed by atoms with Crippen molar-refractivity contribution in [2.75, 3.05) is 13.1 Å². The summed E-state index contributed by atoms with van der Waals surface area (Å²) in [6.07, 6.45) is 3.52. The molecule has 1 rings (SSSR count). The van der Waals surface area contributed by atoms with Gasteiger partial charge in [0.15, 0.2) is 0 Å². The maximum atomic E-state index is 12.0. The number of piperidine rings is 1. The molecule has 0 aromatic carbocycles. The highest BCUT2D eigenvalue weighted by molar-refractivity contribution is 7.80. The van der Waals surface area contributed by atoms with Gasteiger partial charge >= 0.3 is 0 Å². The minimum Gasteiger partial charge on any atom is -0.393 e. The second kappa shape index (κ2) is 5.80. The molecule has 0 aromatic heterocycles. The van der Waals surface area contributed by atoms with Crippen molar-refractivity contribution in [3.05, 3.63) is 0 Å². The van der Waals surface area contributed by atoms with Crippen LogP contribution >= 0.6 is 12.2 Å². The van der Waals surface area contributed by atoms with Crippen molar-refractivity contribution in [2.24, 2.45) is 17.1 Å². The van der Waals surface area contributed by atoms with E-state index in [0.717, 1.165) is 32.4 Å². The number of carbonyl (C=O) groups is 1. The maximum absolute atomic E-state index is 12.0. The highest BCUT2D eigenvalue weighted by atomic mass is 32.1. The average molecular weight is 256 g/mol. The zero-order valence-electron chi connectivity index (χ0n) is 11.2. The number of nitrogens with two attached hydrogens (primary N) is 1. The summed E-state index contributed by atoms with van der Waals surface area (Å²) in [6.45, 7) is 7.94. The first kappa shape index (κ1) is 14.4. The molecule has 0 spiro atoms. The van der Waals surface area contributed by atoms with E-state index in [1.807, 2.05) is 4.90 Å². The summed E-state index contributed by atoms with van der Waals surface area (Å²) in [5, 5.41) is 0. The van der Waals surface area contributed by atoms with Crippen molar-refractivity contribution in [1.29, 1.82) is 0 Å². The molecule has 3 nitrogen and oxygen atoms in total. The van der Waals surface area contributed by atoms with Crippen LogP contribution in [0.2, 0.25) is 0 Å². The Balaban J connectivity index is 2.47. The van der Waals surface area contributed by atoms with E-state index in [9.17, 15) is 4.79 Å². The Hall–Kier alpha value is -0.640. The number of hydrogen-bond acceptors (Lipinski definition) is 2. The van der Waals surface area contributed by atoms with Gasteiger partial charge in [0.1, 0.15) is 0 Å². The molecule has 1 unspecified atom stereocenters. The third kappa shape index (κ3) is 3.66.